The molecule has 5 heteroatoms. The molecule has 1 aromatic heterocycles. The fraction of sp³-hybridized carbons (Fsp3) is 0.556. The highest BCUT2D eigenvalue weighted by Crippen LogP contribution is 2.00. The van der Waals surface area contributed by atoms with Crippen LogP contribution in [0.5, 0.6) is 0 Å². The SMILES string of the molecule is CC(=O)N(C)Cc1ccn(CCO)n1. The number of aliphatic hydroxyl groups is 1. The molecule has 0 saturated carbocycles. The van der Waals surface area contributed by atoms with Gasteiger partial charge >= 0.3 is 0 Å². The molecule has 5 nitrogen and oxygen atoms in total. The quantitative estimate of drug-likeness (QED) is 0.730. The first-order valence-corrected chi connectivity index (χ1v) is 4.48. The van der Waals surface area contributed by atoms with Crippen molar-refractivity contribution in [1.82, 2.24) is 14.7 Å². The third-order valence-electron chi connectivity index (χ3n) is 1.96. The standard InChI is InChI=1S/C9H15N3O2/c1-8(14)11(2)7-9-3-4-12(10-9)5-6-13/h3-4,13H,5-7H2,1-2H3. The molecular formula is C9H15N3O2. The van der Waals surface area contributed by atoms with E-state index in [0.717, 1.165) is 5.69 Å². The molecule has 1 aromatic rings. The molecule has 1 rings (SSSR count). The van der Waals surface area contributed by atoms with Crippen LogP contribution in [-0.2, 0) is 17.9 Å². The van der Waals surface area contributed by atoms with E-state index in [4.69, 9.17) is 5.11 Å². The summed E-state index contributed by atoms with van der Waals surface area (Å²) < 4.78 is 1.66. The largest absolute Gasteiger partial charge is 0.394 e. The van der Waals surface area contributed by atoms with Crippen LogP contribution in [0, 0.1) is 0 Å². The number of carbonyl (C=O) groups is 1. The van der Waals surface area contributed by atoms with Crippen LogP contribution in [-0.4, -0.2) is 39.3 Å². The van der Waals surface area contributed by atoms with E-state index in [1.807, 2.05) is 6.07 Å². The van der Waals surface area contributed by atoms with Gasteiger partial charge in [-0.15, -0.1) is 0 Å². The Morgan fingerprint density at radius 2 is 2.43 bits per heavy atom. The third-order valence-corrected chi connectivity index (χ3v) is 1.96. The van der Waals surface area contributed by atoms with Gasteiger partial charge in [-0.2, -0.15) is 5.10 Å². The van der Waals surface area contributed by atoms with Crippen LogP contribution in [0.25, 0.3) is 0 Å². The van der Waals surface area contributed by atoms with E-state index in [0.29, 0.717) is 13.1 Å². The molecule has 0 aliphatic rings. The van der Waals surface area contributed by atoms with Gasteiger partial charge in [-0.1, -0.05) is 0 Å². The van der Waals surface area contributed by atoms with E-state index in [2.05, 4.69) is 5.10 Å². The number of nitrogens with zero attached hydrogens (tertiary/aromatic N) is 3. The zero-order valence-corrected chi connectivity index (χ0v) is 8.47. The number of hydrogen-bond donors (Lipinski definition) is 1. The summed E-state index contributed by atoms with van der Waals surface area (Å²) in [6.07, 6.45) is 1.79. The molecule has 0 bridgehead atoms. The first-order chi connectivity index (χ1) is 6.63. The van der Waals surface area contributed by atoms with Crippen LogP contribution in [0.2, 0.25) is 0 Å². The van der Waals surface area contributed by atoms with Crippen molar-refractivity contribution in [1.29, 1.82) is 0 Å². The van der Waals surface area contributed by atoms with Crippen molar-refractivity contribution in [2.24, 2.45) is 0 Å². The van der Waals surface area contributed by atoms with Crippen molar-refractivity contribution in [2.75, 3.05) is 13.7 Å². The van der Waals surface area contributed by atoms with Gasteiger partial charge in [-0.3, -0.25) is 9.48 Å². The van der Waals surface area contributed by atoms with Crippen molar-refractivity contribution in [3.05, 3.63) is 18.0 Å². The second kappa shape index (κ2) is 4.76. The van der Waals surface area contributed by atoms with Crippen LogP contribution in [0.4, 0.5) is 0 Å². The summed E-state index contributed by atoms with van der Waals surface area (Å²) in [5.41, 5.74) is 0.830. The molecule has 0 aromatic carbocycles. The lowest BCUT2D eigenvalue weighted by molar-refractivity contribution is -0.128. The van der Waals surface area contributed by atoms with Gasteiger partial charge in [-0.05, 0) is 6.07 Å². The molecule has 14 heavy (non-hydrogen) atoms. The van der Waals surface area contributed by atoms with Crippen LogP contribution < -0.4 is 0 Å². The third kappa shape index (κ3) is 2.85. The van der Waals surface area contributed by atoms with E-state index in [1.165, 1.54) is 6.92 Å². The number of rotatable bonds is 4. The fourth-order valence-corrected chi connectivity index (χ4v) is 1.07. The molecule has 0 aliphatic heterocycles. The second-order valence-electron chi connectivity index (χ2n) is 3.17. The summed E-state index contributed by atoms with van der Waals surface area (Å²) in [6.45, 7) is 2.59. The molecule has 0 spiro atoms. The highest BCUT2D eigenvalue weighted by molar-refractivity contribution is 5.72. The lowest BCUT2D eigenvalue weighted by Gasteiger charge is -2.12. The zero-order valence-electron chi connectivity index (χ0n) is 8.47. The minimum atomic E-state index is 0.0155. The minimum absolute atomic E-state index is 0.0155. The Balaban J connectivity index is 2.55. The maximum absolute atomic E-state index is 10.9. The van der Waals surface area contributed by atoms with Gasteiger partial charge in [0.05, 0.1) is 25.4 Å². The van der Waals surface area contributed by atoms with Gasteiger partial charge in [0.15, 0.2) is 0 Å². The van der Waals surface area contributed by atoms with Gasteiger partial charge in [-0.25, -0.2) is 0 Å². The molecular weight excluding hydrogens is 182 g/mol. The summed E-state index contributed by atoms with van der Waals surface area (Å²) in [5.74, 6) is 0.0155. The molecule has 0 radical (unpaired) electrons. The van der Waals surface area contributed by atoms with Gasteiger partial charge in [0.2, 0.25) is 5.91 Å². The Kier molecular flexibility index (Phi) is 3.64. The predicted molar refractivity (Wildman–Crippen MR) is 51.5 cm³/mol. The summed E-state index contributed by atoms with van der Waals surface area (Å²) >= 11 is 0. The first-order valence-electron chi connectivity index (χ1n) is 4.48. The molecule has 0 aliphatic carbocycles. The molecule has 78 valence electrons. The Morgan fingerprint density at radius 3 is 3.00 bits per heavy atom. The van der Waals surface area contributed by atoms with E-state index in [-0.39, 0.29) is 12.5 Å². The first kappa shape index (κ1) is 10.7. The number of aromatic nitrogens is 2. The zero-order chi connectivity index (χ0) is 10.6. The molecule has 1 heterocycles. The highest BCUT2D eigenvalue weighted by atomic mass is 16.3. The topological polar surface area (TPSA) is 58.4 Å². The normalized spacial score (nSPS) is 10.2. The van der Waals surface area contributed by atoms with E-state index in [9.17, 15) is 4.79 Å². The fourth-order valence-electron chi connectivity index (χ4n) is 1.07. The molecule has 1 amide bonds. The lowest BCUT2D eigenvalue weighted by Crippen LogP contribution is -2.23. The molecule has 0 fully saturated rings. The number of amides is 1. The molecule has 1 N–H and O–H groups in total. The number of aliphatic hydroxyl groups excluding tert-OH is 1. The summed E-state index contributed by atoms with van der Waals surface area (Å²) in [4.78, 5) is 12.5. The molecule has 0 saturated heterocycles. The van der Waals surface area contributed by atoms with E-state index < -0.39 is 0 Å². The summed E-state index contributed by atoms with van der Waals surface area (Å²) in [6, 6.07) is 1.84. The second-order valence-corrected chi connectivity index (χ2v) is 3.17. The monoisotopic (exact) mass is 197 g/mol. The van der Waals surface area contributed by atoms with E-state index in [1.54, 1.807) is 22.8 Å². The molecule has 0 unspecified atom stereocenters. The number of hydrogen-bond acceptors (Lipinski definition) is 3. The Hall–Kier alpha value is -1.36. The van der Waals surface area contributed by atoms with Crippen LogP contribution in [0.1, 0.15) is 12.6 Å². The molecule has 0 atom stereocenters. The van der Waals surface area contributed by atoms with Crippen molar-refractivity contribution in [3.63, 3.8) is 0 Å². The average Bonchev–Trinajstić information content (AvgIpc) is 2.53. The minimum Gasteiger partial charge on any atom is -0.394 e. The van der Waals surface area contributed by atoms with Crippen LogP contribution in [0.3, 0.4) is 0 Å². The Bertz CT molecular complexity index is 309. The average molecular weight is 197 g/mol. The van der Waals surface area contributed by atoms with E-state index >= 15 is 0 Å². The predicted octanol–water partition coefficient (Wildman–Crippen LogP) is -0.146. The van der Waals surface area contributed by atoms with Crippen molar-refractivity contribution in [2.45, 2.75) is 20.0 Å². The van der Waals surface area contributed by atoms with Gasteiger partial charge < -0.3 is 10.0 Å². The smallest absolute Gasteiger partial charge is 0.219 e. The Labute approximate surface area is 82.9 Å². The Morgan fingerprint density at radius 1 is 1.71 bits per heavy atom. The maximum atomic E-state index is 10.9. The van der Waals surface area contributed by atoms with Gasteiger partial charge in [0.1, 0.15) is 0 Å². The van der Waals surface area contributed by atoms with Crippen molar-refractivity contribution in [3.8, 4) is 0 Å². The maximum Gasteiger partial charge on any atom is 0.219 e. The van der Waals surface area contributed by atoms with Crippen LogP contribution in [0.15, 0.2) is 12.3 Å². The number of carbonyl (C=O) groups excluding carboxylic acids is 1. The van der Waals surface area contributed by atoms with Gasteiger partial charge in [0.25, 0.3) is 0 Å². The highest BCUT2D eigenvalue weighted by Gasteiger charge is 2.05. The van der Waals surface area contributed by atoms with Crippen molar-refractivity contribution < 1.29 is 9.90 Å². The lowest BCUT2D eigenvalue weighted by atomic mass is 10.4. The van der Waals surface area contributed by atoms with Gasteiger partial charge in [0, 0.05) is 20.2 Å². The summed E-state index contributed by atoms with van der Waals surface area (Å²) in [7, 11) is 1.73. The van der Waals surface area contributed by atoms with Crippen molar-refractivity contribution >= 4 is 5.91 Å². The summed E-state index contributed by atoms with van der Waals surface area (Å²) in [5, 5.41) is 12.9. The van der Waals surface area contributed by atoms with Crippen LogP contribution >= 0.6 is 0 Å².